The molecular formula is C27H26FN5O8S. The fourth-order valence-corrected chi connectivity index (χ4v) is 5.86. The molecule has 0 bridgehead atoms. The molecule has 0 aromatic heterocycles. The topological polar surface area (TPSA) is 153 Å². The van der Waals surface area contributed by atoms with Crippen molar-refractivity contribution in [3.63, 3.8) is 0 Å². The van der Waals surface area contributed by atoms with Crippen molar-refractivity contribution in [2.45, 2.75) is 4.90 Å². The number of anilines is 2. The molecule has 2 aliphatic heterocycles. The number of hydrogen-bond acceptors (Lipinski definition) is 10. The molecule has 0 spiro atoms. The van der Waals surface area contributed by atoms with E-state index in [-0.39, 0.29) is 28.6 Å². The Morgan fingerprint density at radius 2 is 1.74 bits per heavy atom. The first-order valence-corrected chi connectivity index (χ1v) is 14.3. The van der Waals surface area contributed by atoms with Crippen LogP contribution < -0.4 is 24.1 Å². The molecule has 42 heavy (non-hydrogen) atoms. The van der Waals surface area contributed by atoms with Gasteiger partial charge in [-0.05, 0) is 42.5 Å². The highest BCUT2D eigenvalue weighted by molar-refractivity contribution is 7.92. The van der Waals surface area contributed by atoms with Crippen LogP contribution in [0.25, 0.3) is 0 Å². The molecule has 0 aliphatic carbocycles. The molecule has 1 amide bonds. The molecule has 13 nitrogen and oxygen atoms in total. The molecule has 15 heteroatoms. The zero-order valence-electron chi connectivity index (χ0n) is 22.1. The molecule has 0 unspecified atom stereocenters. The molecule has 1 fully saturated rings. The van der Waals surface area contributed by atoms with Crippen molar-refractivity contribution in [3.8, 4) is 11.5 Å². The Balaban J connectivity index is 1.38. The lowest BCUT2D eigenvalue weighted by Crippen LogP contribution is -2.39. The number of nitro benzene ring substituents is 1. The first-order chi connectivity index (χ1) is 20.2. The summed E-state index contributed by atoms with van der Waals surface area (Å²) in [4.78, 5) is 25.6. The van der Waals surface area contributed by atoms with E-state index in [0.717, 1.165) is 16.4 Å². The highest BCUT2D eigenvalue weighted by atomic mass is 32.2. The third kappa shape index (κ3) is 6.42. The van der Waals surface area contributed by atoms with Crippen molar-refractivity contribution < 1.29 is 36.7 Å². The normalized spacial score (nSPS) is 14.9. The summed E-state index contributed by atoms with van der Waals surface area (Å²) < 4.78 is 58.2. The summed E-state index contributed by atoms with van der Waals surface area (Å²) in [6.07, 6.45) is 1.26. The Morgan fingerprint density at radius 1 is 1.02 bits per heavy atom. The highest BCUT2D eigenvalue weighted by Gasteiger charge is 2.29. The van der Waals surface area contributed by atoms with Crippen molar-refractivity contribution in [2.75, 3.05) is 55.3 Å². The van der Waals surface area contributed by atoms with Crippen LogP contribution in [0.15, 0.2) is 70.7 Å². The molecule has 3 aromatic rings. The van der Waals surface area contributed by atoms with Gasteiger partial charge in [-0.2, -0.15) is 5.10 Å². The van der Waals surface area contributed by atoms with E-state index in [1.807, 2.05) is 4.90 Å². The number of benzene rings is 3. The fraction of sp³-hybridized carbons (Fsp3) is 0.259. The number of nitro groups is 1. The average Bonchev–Trinajstić information content (AvgIpc) is 3.00. The van der Waals surface area contributed by atoms with Gasteiger partial charge in [0.15, 0.2) is 11.5 Å². The molecular weight excluding hydrogens is 573 g/mol. The monoisotopic (exact) mass is 599 g/mol. The van der Waals surface area contributed by atoms with Crippen LogP contribution in [-0.4, -0.2) is 71.5 Å². The molecule has 1 saturated heterocycles. The smallest absolute Gasteiger partial charge is 0.270 e. The molecule has 3 aromatic carbocycles. The summed E-state index contributed by atoms with van der Waals surface area (Å²) in [7, 11) is -4.34. The molecule has 5 rings (SSSR count). The number of halogens is 1. The summed E-state index contributed by atoms with van der Waals surface area (Å²) in [5.74, 6) is -0.769. The van der Waals surface area contributed by atoms with E-state index in [2.05, 4.69) is 10.5 Å². The van der Waals surface area contributed by atoms with Crippen molar-refractivity contribution >= 4 is 39.2 Å². The number of non-ortho nitro benzene ring substituents is 1. The summed E-state index contributed by atoms with van der Waals surface area (Å²) in [5.41, 5.74) is 3.21. The lowest BCUT2D eigenvalue weighted by molar-refractivity contribution is -0.384. The Hall–Kier alpha value is -4.76. The van der Waals surface area contributed by atoms with Crippen LogP contribution in [0.3, 0.4) is 0 Å². The minimum absolute atomic E-state index is 0.0405. The van der Waals surface area contributed by atoms with Crippen LogP contribution in [0.4, 0.5) is 21.5 Å². The molecule has 2 aliphatic rings. The first kappa shape index (κ1) is 28.8. The van der Waals surface area contributed by atoms with Crippen molar-refractivity contribution in [3.05, 3.63) is 82.2 Å². The number of morpholine rings is 1. The maximum atomic E-state index is 13.7. The van der Waals surface area contributed by atoms with Crippen LogP contribution in [0.5, 0.6) is 11.5 Å². The van der Waals surface area contributed by atoms with Gasteiger partial charge >= 0.3 is 0 Å². The maximum Gasteiger partial charge on any atom is 0.270 e. The van der Waals surface area contributed by atoms with E-state index in [1.165, 1.54) is 48.7 Å². The second kappa shape index (κ2) is 12.4. The van der Waals surface area contributed by atoms with Crippen LogP contribution in [0, 0.1) is 15.9 Å². The van der Waals surface area contributed by atoms with Crippen LogP contribution in [0.2, 0.25) is 0 Å². The Morgan fingerprint density at radius 3 is 2.45 bits per heavy atom. The number of nitrogens with one attached hydrogen (secondary N) is 1. The number of sulfonamides is 1. The Kier molecular flexibility index (Phi) is 8.49. The summed E-state index contributed by atoms with van der Waals surface area (Å²) in [5, 5.41) is 15.3. The number of hydrazone groups is 1. The van der Waals surface area contributed by atoms with Crippen molar-refractivity contribution in [2.24, 2.45) is 5.10 Å². The van der Waals surface area contributed by atoms with E-state index < -0.39 is 33.2 Å². The van der Waals surface area contributed by atoms with Gasteiger partial charge in [-0.25, -0.2) is 18.2 Å². The highest BCUT2D eigenvalue weighted by Crippen LogP contribution is 2.34. The van der Waals surface area contributed by atoms with Gasteiger partial charge in [0.25, 0.3) is 21.6 Å². The SMILES string of the molecule is O=C(CN(c1ccc(F)cc1)S(=O)(=O)c1ccc2c(c1)OCCO2)N/N=C\c1cc([N+](=O)[O-])ccc1N1CCOCC1. The third-order valence-corrected chi connectivity index (χ3v) is 8.24. The second-order valence-corrected chi connectivity index (χ2v) is 11.0. The van der Waals surface area contributed by atoms with Gasteiger partial charge in [0, 0.05) is 42.5 Å². The van der Waals surface area contributed by atoms with E-state index >= 15 is 0 Å². The van der Waals surface area contributed by atoms with Crippen LogP contribution in [0.1, 0.15) is 5.56 Å². The number of carbonyl (C=O) groups is 1. The minimum atomic E-state index is -4.34. The number of amides is 1. The third-order valence-electron chi connectivity index (χ3n) is 6.47. The zero-order chi connectivity index (χ0) is 29.7. The van der Waals surface area contributed by atoms with Gasteiger partial charge in [-0.3, -0.25) is 19.2 Å². The lowest BCUT2D eigenvalue weighted by Gasteiger charge is -2.29. The van der Waals surface area contributed by atoms with Crippen LogP contribution >= 0.6 is 0 Å². The number of rotatable bonds is 9. The van der Waals surface area contributed by atoms with Gasteiger partial charge in [-0.15, -0.1) is 0 Å². The van der Waals surface area contributed by atoms with Gasteiger partial charge in [-0.1, -0.05) is 0 Å². The quantitative estimate of drug-likeness (QED) is 0.222. The fourth-order valence-electron chi connectivity index (χ4n) is 4.42. The molecule has 0 saturated carbocycles. The number of nitrogens with zero attached hydrogens (tertiary/aromatic N) is 4. The number of fused-ring (bicyclic) bond motifs is 1. The largest absolute Gasteiger partial charge is 0.486 e. The van der Waals surface area contributed by atoms with Gasteiger partial charge in [0.1, 0.15) is 25.6 Å². The average molecular weight is 600 g/mol. The molecule has 0 atom stereocenters. The van der Waals surface area contributed by atoms with Crippen molar-refractivity contribution in [1.82, 2.24) is 5.43 Å². The summed E-state index contributed by atoms with van der Waals surface area (Å²) >= 11 is 0. The van der Waals surface area contributed by atoms with E-state index in [4.69, 9.17) is 14.2 Å². The predicted octanol–water partition coefficient (Wildman–Crippen LogP) is 2.69. The number of ether oxygens (including phenoxy) is 3. The van der Waals surface area contributed by atoms with Gasteiger partial charge in [0.05, 0.1) is 34.9 Å². The van der Waals surface area contributed by atoms with Crippen LogP contribution in [-0.2, 0) is 19.6 Å². The second-order valence-electron chi connectivity index (χ2n) is 9.19. The predicted molar refractivity (Wildman–Crippen MR) is 150 cm³/mol. The Labute approximate surface area is 240 Å². The van der Waals surface area contributed by atoms with E-state index in [9.17, 15) is 27.7 Å². The molecule has 0 radical (unpaired) electrons. The minimum Gasteiger partial charge on any atom is -0.486 e. The summed E-state index contributed by atoms with van der Waals surface area (Å²) in [6, 6.07) is 13.0. The van der Waals surface area contributed by atoms with Crippen molar-refractivity contribution in [1.29, 1.82) is 0 Å². The Bertz CT molecular complexity index is 1610. The molecule has 2 heterocycles. The van der Waals surface area contributed by atoms with Gasteiger partial charge in [0.2, 0.25) is 0 Å². The lowest BCUT2D eigenvalue weighted by atomic mass is 10.1. The van der Waals surface area contributed by atoms with E-state index in [0.29, 0.717) is 49.9 Å². The molecule has 220 valence electrons. The zero-order valence-corrected chi connectivity index (χ0v) is 23.0. The summed E-state index contributed by atoms with van der Waals surface area (Å²) in [6.45, 7) is 1.97. The number of carbonyl (C=O) groups excluding carboxylic acids is 1. The van der Waals surface area contributed by atoms with Gasteiger partial charge < -0.3 is 19.1 Å². The standard InChI is InChI=1S/C27H26FN5O8S/c28-20-1-3-21(4-2-20)32(42(37,38)23-6-8-25-26(16-23)41-14-13-40-25)18-27(34)30-29-17-19-15-22(33(35)36)5-7-24(19)31-9-11-39-12-10-31/h1-8,15-17H,9-14,18H2,(H,30,34)/b29-17-. The molecule has 1 N–H and O–H groups in total. The van der Waals surface area contributed by atoms with E-state index in [1.54, 1.807) is 6.07 Å². The maximum absolute atomic E-state index is 13.7. The first-order valence-electron chi connectivity index (χ1n) is 12.8. The number of hydrogen-bond donors (Lipinski definition) is 1.